The second-order valence-corrected chi connectivity index (χ2v) is 10.6. The van der Waals surface area contributed by atoms with Crippen molar-refractivity contribution in [3.63, 3.8) is 0 Å². The number of nitrogens with zero attached hydrogens (tertiary/aromatic N) is 2. The van der Waals surface area contributed by atoms with Gasteiger partial charge in [0.05, 0.1) is 11.3 Å². The number of amides is 2. The number of piperidine rings is 1. The SMILES string of the molecule is C=CC.Cc1c(F)ccc(F)c1-c1c(C(=O)NCCC(N)=O)cn(C)c1C(=O)c1ccc(CN2CCC(C=O)CC2)cc1. The van der Waals surface area contributed by atoms with Crippen LogP contribution in [0.4, 0.5) is 8.78 Å². The third-order valence-corrected chi connectivity index (χ3v) is 7.34. The highest BCUT2D eigenvalue weighted by Gasteiger charge is 2.29. The number of benzene rings is 2. The van der Waals surface area contributed by atoms with E-state index in [9.17, 15) is 23.6 Å². The molecule has 2 heterocycles. The molecule has 0 aliphatic carbocycles. The Balaban J connectivity index is 0.00000162. The van der Waals surface area contributed by atoms with Crippen molar-refractivity contribution in [3.05, 3.63) is 94.8 Å². The number of allylic oxidation sites excluding steroid dienone is 1. The summed E-state index contributed by atoms with van der Waals surface area (Å²) in [5.41, 5.74) is 6.22. The molecule has 0 atom stereocenters. The Morgan fingerprint density at radius 1 is 1.05 bits per heavy atom. The van der Waals surface area contributed by atoms with Crippen LogP contribution in [0.25, 0.3) is 11.1 Å². The minimum atomic E-state index is -0.779. The first-order valence-corrected chi connectivity index (χ1v) is 14.1. The van der Waals surface area contributed by atoms with Gasteiger partial charge in [-0.25, -0.2) is 8.78 Å². The monoisotopic (exact) mass is 592 g/mol. The van der Waals surface area contributed by atoms with E-state index in [4.69, 9.17) is 5.73 Å². The van der Waals surface area contributed by atoms with Gasteiger partial charge in [-0.3, -0.25) is 19.3 Å². The number of nitrogens with two attached hydrogens (primary N) is 1. The van der Waals surface area contributed by atoms with E-state index in [-0.39, 0.29) is 46.8 Å². The van der Waals surface area contributed by atoms with Crippen molar-refractivity contribution in [1.82, 2.24) is 14.8 Å². The molecule has 0 unspecified atom stereocenters. The molecule has 0 radical (unpaired) electrons. The van der Waals surface area contributed by atoms with Crippen LogP contribution in [0.1, 0.15) is 63.7 Å². The van der Waals surface area contributed by atoms with Crippen LogP contribution in [0.15, 0.2) is 55.3 Å². The molecule has 2 aromatic carbocycles. The molecular weight excluding hydrogens is 554 g/mol. The maximum absolute atomic E-state index is 15.2. The topological polar surface area (TPSA) is 114 Å². The number of nitrogens with one attached hydrogen (secondary N) is 1. The van der Waals surface area contributed by atoms with Crippen LogP contribution in [0.3, 0.4) is 0 Å². The molecule has 2 amide bonds. The first-order chi connectivity index (χ1) is 20.5. The highest BCUT2D eigenvalue weighted by molar-refractivity contribution is 6.16. The fraction of sp³-hybridized carbons (Fsp3) is 0.333. The fourth-order valence-electron chi connectivity index (χ4n) is 5.08. The Kier molecular flexibility index (Phi) is 11.7. The van der Waals surface area contributed by atoms with Crippen LogP contribution in [-0.2, 0) is 23.2 Å². The van der Waals surface area contributed by atoms with Crippen LogP contribution in [0.5, 0.6) is 0 Å². The maximum atomic E-state index is 15.2. The van der Waals surface area contributed by atoms with Crippen molar-refractivity contribution in [2.24, 2.45) is 18.7 Å². The van der Waals surface area contributed by atoms with E-state index in [2.05, 4.69) is 16.8 Å². The molecular formula is C33H38F2N4O4. The van der Waals surface area contributed by atoms with Gasteiger partial charge in [-0.15, -0.1) is 6.58 Å². The van der Waals surface area contributed by atoms with Crippen LogP contribution in [0.2, 0.25) is 0 Å². The Labute approximate surface area is 250 Å². The summed E-state index contributed by atoms with van der Waals surface area (Å²) in [6.07, 6.45) is 5.70. The summed E-state index contributed by atoms with van der Waals surface area (Å²) in [4.78, 5) is 51.3. The number of aryl methyl sites for hydroxylation is 1. The number of halogens is 2. The molecule has 0 bridgehead atoms. The molecule has 0 saturated carbocycles. The quantitative estimate of drug-likeness (QED) is 0.201. The summed E-state index contributed by atoms with van der Waals surface area (Å²) in [5, 5.41) is 2.56. The normalized spacial score (nSPS) is 13.5. The van der Waals surface area contributed by atoms with Gasteiger partial charge >= 0.3 is 0 Å². The highest BCUT2D eigenvalue weighted by Crippen LogP contribution is 2.36. The average molecular weight is 593 g/mol. The molecule has 1 aliphatic heterocycles. The highest BCUT2D eigenvalue weighted by atomic mass is 19.1. The number of hydrogen-bond acceptors (Lipinski definition) is 5. The Morgan fingerprint density at radius 2 is 1.65 bits per heavy atom. The smallest absolute Gasteiger partial charge is 0.253 e. The van der Waals surface area contributed by atoms with E-state index in [1.54, 1.807) is 25.3 Å². The predicted octanol–water partition coefficient (Wildman–Crippen LogP) is 4.72. The van der Waals surface area contributed by atoms with Gasteiger partial charge in [0.15, 0.2) is 0 Å². The minimum Gasteiger partial charge on any atom is -0.370 e. The molecule has 3 aromatic rings. The van der Waals surface area contributed by atoms with Gasteiger partial charge in [0.2, 0.25) is 11.7 Å². The van der Waals surface area contributed by atoms with Crippen molar-refractivity contribution in [3.8, 4) is 11.1 Å². The number of primary amides is 1. The molecule has 1 aliphatic rings. The Morgan fingerprint density at radius 3 is 2.23 bits per heavy atom. The van der Waals surface area contributed by atoms with Crippen molar-refractivity contribution >= 4 is 23.9 Å². The summed E-state index contributed by atoms with van der Waals surface area (Å²) >= 11 is 0. The summed E-state index contributed by atoms with van der Waals surface area (Å²) in [6.45, 7) is 8.90. The standard InChI is InChI=1S/C30H32F2N4O4.C3H6/c1-18-23(31)7-8-24(32)26(18)27-22(30(40)34-12-9-25(33)38)16-35(2)28(27)29(39)21-5-3-19(4-6-21)15-36-13-10-20(17-37)11-14-36;1-3-2/h3-8,16-17,20H,9-15H2,1-2H3,(H2,33,38)(H,34,40);3H,1H2,2H3. The number of ketones is 1. The van der Waals surface area contributed by atoms with Gasteiger partial charge in [-0.2, -0.15) is 0 Å². The van der Waals surface area contributed by atoms with Crippen molar-refractivity contribution in [2.45, 2.75) is 39.7 Å². The summed E-state index contributed by atoms with van der Waals surface area (Å²) in [7, 11) is 1.56. The zero-order valence-electron chi connectivity index (χ0n) is 24.8. The molecule has 1 saturated heterocycles. The average Bonchev–Trinajstić information content (AvgIpc) is 3.32. The number of hydrogen-bond donors (Lipinski definition) is 2. The predicted molar refractivity (Wildman–Crippen MR) is 161 cm³/mol. The lowest BCUT2D eigenvalue weighted by molar-refractivity contribution is -0.118. The van der Waals surface area contributed by atoms with Gasteiger partial charge in [0.1, 0.15) is 17.9 Å². The number of likely N-dealkylation sites (tertiary alicyclic amines) is 1. The van der Waals surface area contributed by atoms with E-state index in [1.807, 2.05) is 19.1 Å². The van der Waals surface area contributed by atoms with Gasteiger partial charge in [-0.1, -0.05) is 30.3 Å². The number of carbonyl (C=O) groups is 4. The van der Waals surface area contributed by atoms with Crippen molar-refractivity contribution in [2.75, 3.05) is 19.6 Å². The van der Waals surface area contributed by atoms with Crippen LogP contribution >= 0.6 is 0 Å². The van der Waals surface area contributed by atoms with E-state index in [1.165, 1.54) is 17.7 Å². The van der Waals surface area contributed by atoms with Gasteiger partial charge < -0.3 is 20.4 Å². The molecule has 4 rings (SSSR count). The summed E-state index contributed by atoms with van der Waals surface area (Å²) < 4.78 is 31.2. The lowest BCUT2D eigenvalue weighted by Gasteiger charge is -2.29. The van der Waals surface area contributed by atoms with Crippen LogP contribution in [-0.4, -0.2) is 53.0 Å². The third kappa shape index (κ3) is 8.10. The molecule has 3 N–H and O–H groups in total. The first-order valence-electron chi connectivity index (χ1n) is 14.1. The van der Waals surface area contributed by atoms with Crippen LogP contribution in [0, 0.1) is 24.5 Å². The summed E-state index contributed by atoms with van der Waals surface area (Å²) in [6, 6.07) is 8.98. The Bertz CT molecular complexity index is 1490. The molecule has 8 nitrogen and oxygen atoms in total. The zero-order valence-corrected chi connectivity index (χ0v) is 24.8. The van der Waals surface area contributed by atoms with Gasteiger partial charge in [0.25, 0.3) is 5.91 Å². The molecule has 1 fully saturated rings. The third-order valence-electron chi connectivity index (χ3n) is 7.34. The lowest BCUT2D eigenvalue weighted by Crippen LogP contribution is -2.33. The largest absolute Gasteiger partial charge is 0.370 e. The van der Waals surface area contributed by atoms with Gasteiger partial charge in [0, 0.05) is 55.4 Å². The zero-order chi connectivity index (χ0) is 31.7. The molecule has 10 heteroatoms. The molecule has 0 spiro atoms. The minimum absolute atomic E-state index is 0.0244. The molecule has 228 valence electrons. The van der Waals surface area contributed by atoms with E-state index in [0.29, 0.717) is 12.1 Å². The van der Waals surface area contributed by atoms with E-state index in [0.717, 1.165) is 49.9 Å². The molecule has 1 aromatic heterocycles. The van der Waals surface area contributed by atoms with E-state index >= 15 is 4.39 Å². The maximum Gasteiger partial charge on any atom is 0.253 e. The second-order valence-electron chi connectivity index (χ2n) is 10.6. The molecule has 43 heavy (non-hydrogen) atoms. The fourth-order valence-corrected chi connectivity index (χ4v) is 5.08. The van der Waals surface area contributed by atoms with E-state index < -0.39 is 29.2 Å². The first kappa shape index (κ1) is 33.1. The van der Waals surface area contributed by atoms with Gasteiger partial charge in [-0.05, 0) is 63.0 Å². The number of carbonyl (C=O) groups excluding carboxylic acids is 4. The summed E-state index contributed by atoms with van der Waals surface area (Å²) in [5.74, 6) is -3.07. The number of rotatable bonds is 10. The second kappa shape index (κ2) is 15.2. The number of aromatic nitrogens is 1. The number of aldehydes is 1. The van der Waals surface area contributed by atoms with Crippen LogP contribution < -0.4 is 11.1 Å². The van der Waals surface area contributed by atoms with Crippen molar-refractivity contribution in [1.29, 1.82) is 0 Å². The Hall–Kier alpha value is -4.44. The lowest BCUT2D eigenvalue weighted by atomic mass is 9.92. The van der Waals surface area contributed by atoms with Crippen molar-refractivity contribution < 1.29 is 28.0 Å².